The summed E-state index contributed by atoms with van der Waals surface area (Å²) in [6, 6.07) is 14.7. The molecule has 0 spiro atoms. The molecule has 0 aliphatic heterocycles. The van der Waals surface area contributed by atoms with E-state index in [0.29, 0.717) is 0 Å². The molecule has 0 radical (unpaired) electrons. The lowest BCUT2D eigenvalue weighted by Crippen LogP contribution is -2.42. The van der Waals surface area contributed by atoms with Gasteiger partial charge in [-0.2, -0.15) is 0 Å². The Hall–Kier alpha value is -1.90. The molecule has 3 N–H and O–H groups in total. The normalized spacial score (nSPS) is 10.4. The van der Waals surface area contributed by atoms with Crippen molar-refractivity contribution in [1.82, 2.24) is 9.55 Å². The summed E-state index contributed by atoms with van der Waals surface area (Å²) < 4.78 is 13.8. The van der Waals surface area contributed by atoms with Crippen molar-refractivity contribution >= 4 is 56.9 Å². The van der Waals surface area contributed by atoms with Gasteiger partial charge in [0, 0.05) is 39.4 Å². The molecule has 0 aliphatic carbocycles. The Bertz CT molecular complexity index is 1020. The highest BCUT2D eigenvalue weighted by molar-refractivity contribution is 14.1. The Kier molecular flexibility index (Phi) is 9.81. The number of primary amides is 1. The van der Waals surface area contributed by atoms with E-state index in [-0.39, 0.29) is 12.2 Å². The molecule has 30 heavy (non-hydrogen) atoms. The Morgan fingerprint density at radius 1 is 1.13 bits per heavy atom. The van der Waals surface area contributed by atoms with Gasteiger partial charge in [-0.3, -0.25) is 9.47 Å². The minimum Gasteiger partial charge on any atom is -0.354 e. The molecule has 0 atom stereocenters. The Balaban J connectivity index is 0.000000220. The van der Waals surface area contributed by atoms with Gasteiger partial charge in [0.05, 0.1) is 12.2 Å². The fraction of sp³-hybridized carbons (Fsp3) is 0.200. The van der Waals surface area contributed by atoms with Crippen LogP contribution in [-0.2, 0) is 9.47 Å². The molecule has 1 heterocycles. The third-order valence-electron chi connectivity index (χ3n) is 3.98. The van der Waals surface area contributed by atoms with Crippen LogP contribution < -0.4 is 16.3 Å². The quantitative estimate of drug-likeness (QED) is 0.319. The SMILES string of the molecule is COC(CN(C(N)=O)c1cccc(I)c1)OC.O=c1[nH]ccn1-c1cccc(I)c1. The van der Waals surface area contributed by atoms with Crippen molar-refractivity contribution in [3.05, 3.63) is 78.5 Å². The van der Waals surface area contributed by atoms with Crippen LogP contribution in [0.2, 0.25) is 0 Å². The summed E-state index contributed by atoms with van der Waals surface area (Å²) in [5.41, 5.74) is 6.85. The van der Waals surface area contributed by atoms with Gasteiger partial charge in [-0.25, -0.2) is 9.59 Å². The number of rotatable bonds is 6. The highest BCUT2D eigenvalue weighted by Gasteiger charge is 2.18. The number of anilines is 1. The van der Waals surface area contributed by atoms with Crippen LogP contribution in [-0.4, -0.2) is 42.6 Å². The Morgan fingerprint density at radius 3 is 2.27 bits per heavy atom. The van der Waals surface area contributed by atoms with Crippen LogP contribution in [0.4, 0.5) is 10.5 Å². The molecule has 0 fully saturated rings. The summed E-state index contributed by atoms with van der Waals surface area (Å²) in [7, 11) is 3.03. The topological polar surface area (TPSA) is 103 Å². The van der Waals surface area contributed by atoms with Gasteiger partial charge in [-0.1, -0.05) is 12.1 Å². The number of imidazole rings is 1. The van der Waals surface area contributed by atoms with Gasteiger partial charge in [0.1, 0.15) is 0 Å². The van der Waals surface area contributed by atoms with E-state index in [9.17, 15) is 9.59 Å². The molecule has 0 saturated carbocycles. The van der Waals surface area contributed by atoms with Crippen molar-refractivity contribution in [2.75, 3.05) is 25.7 Å². The first-order chi connectivity index (χ1) is 14.3. The number of urea groups is 1. The second-order valence-electron chi connectivity index (χ2n) is 5.94. The summed E-state index contributed by atoms with van der Waals surface area (Å²) in [5.74, 6) is 0. The average Bonchev–Trinajstić information content (AvgIpc) is 3.15. The number of amides is 2. The van der Waals surface area contributed by atoms with Crippen molar-refractivity contribution < 1.29 is 14.3 Å². The van der Waals surface area contributed by atoms with E-state index in [0.717, 1.165) is 18.5 Å². The minimum absolute atomic E-state index is 0.109. The highest BCUT2D eigenvalue weighted by Crippen LogP contribution is 2.18. The van der Waals surface area contributed by atoms with Crippen LogP contribution in [0.1, 0.15) is 0 Å². The number of carbonyl (C=O) groups is 1. The van der Waals surface area contributed by atoms with E-state index in [1.54, 1.807) is 17.0 Å². The monoisotopic (exact) mass is 636 g/mol. The fourth-order valence-corrected chi connectivity index (χ4v) is 3.56. The van der Waals surface area contributed by atoms with Crippen molar-refractivity contribution in [3.8, 4) is 5.69 Å². The summed E-state index contributed by atoms with van der Waals surface area (Å²) in [6.07, 6.45) is 2.84. The molecule has 160 valence electrons. The van der Waals surface area contributed by atoms with E-state index in [4.69, 9.17) is 15.2 Å². The van der Waals surface area contributed by atoms with Crippen molar-refractivity contribution in [2.24, 2.45) is 5.73 Å². The molecule has 2 amide bonds. The third-order valence-corrected chi connectivity index (χ3v) is 5.32. The van der Waals surface area contributed by atoms with Crippen LogP contribution in [0.25, 0.3) is 5.69 Å². The number of methoxy groups -OCH3 is 2. The predicted octanol–water partition coefficient (Wildman–Crippen LogP) is 3.57. The lowest BCUT2D eigenvalue weighted by atomic mass is 10.3. The molecular formula is C20H22I2N4O4. The van der Waals surface area contributed by atoms with Crippen molar-refractivity contribution in [3.63, 3.8) is 0 Å². The number of hydrogen-bond acceptors (Lipinski definition) is 4. The van der Waals surface area contributed by atoms with E-state index in [1.807, 2.05) is 48.5 Å². The summed E-state index contributed by atoms with van der Waals surface area (Å²) >= 11 is 4.39. The van der Waals surface area contributed by atoms with Crippen molar-refractivity contribution in [1.29, 1.82) is 0 Å². The number of ether oxygens (including phenoxy) is 2. The number of hydrogen-bond donors (Lipinski definition) is 2. The maximum atomic E-state index is 11.4. The zero-order valence-corrected chi connectivity index (χ0v) is 20.7. The molecule has 0 unspecified atom stereocenters. The van der Waals surface area contributed by atoms with Gasteiger partial charge < -0.3 is 20.2 Å². The number of H-pyrrole nitrogens is 1. The van der Waals surface area contributed by atoms with Gasteiger partial charge in [0.15, 0.2) is 6.29 Å². The molecule has 3 aromatic rings. The molecule has 3 rings (SSSR count). The van der Waals surface area contributed by atoms with Crippen molar-refractivity contribution in [2.45, 2.75) is 6.29 Å². The summed E-state index contributed by atoms with van der Waals surface area (Å²) in [5, 5.41) is 0. The molecule has 0 saturated heterocycles. The van der Waals surface area contributed by atoms with Gasteiger partial charge in [-0.15, -0.1) is 0 Å². The number of aromatic amines is 1. The van der Waals surface area contributed by atoms with E-state index < -0.39 is 12.3 Å². The van der Waals surface area contributed by atoms with Crippen LogP contribution in [0.15, 0.2) is 65.7 Å². The van der Waals surface area contributed by atoms with Crippen LogP contribution in [0, 0.1) is 7.14 Å². The number of nitrogens with zero attached hydrogens (tertiary/aromatic N) is 2. The smallest absolute Gasteiger partial charge is 0.330 e. The number of benzene rings is 2. The van der Waals surface area contributed by atoms with Crippen LogP contribution >= 0.6 is 45.2 Å². The van der Waals surface area contributed by atoms with Crippen LogP contribution in [0.5, 0.6) is 0 Å². The number of carbonyl (C=O) groups excluding carboxylic acids is 1. The van der Waals surface area contributed by atoms with E-state index >= 15 is 0 Å². The first kappa shape index (κ1) is 24.4. The Labute approximate surface area is 201 Å². The van der Waals surface area contributed by atoms with Gasteiger partial charge in [0.2, 0.25) is 0 Å². The molecule has 0 aliphatic rings. The molecule has 1 aromatic heterocycles. The molecule has 8 nitrogen and oxygen atoms in total. The lowest BCUT2D eigenvalue weighted by molar-refractivity contribution is -0.0939. The molecule has 2 aromatic carbocycles. The third kappa shape index (κ3) is 7.11. The number of nitrogens with one attached hydrogen (secondary N) is 1. The summed E-state index contributed by atoms with van der Waals surface area (Å²) in [4.78, 5) is 26.7. The predicted molar refractivity (Wildman–Crippen MR) is 133 cm³/mol. The van der Waals surface area contributed by atoms with Crippen LogP contribution in [0.3, 0.4) is 0 Å². The number of halogens is 2. The second kappa shape index (κ2) is 12.1. The zero-order valence-electron chi connectivity index (χ0n) is 16.4. The summed E-state index contributed by atoms with van der Waals surface area (Å²) in [6.45, 7) is 0.252. The van der Waals surface area contributed by atoms with Gasteiger partial charge >= 0.3 is 11.7 Å². The van der Waals surface area contributed by atoms with E-state index in [1.165, 1.54) is 19.1 Å². The fourth-order valence-electron chi connectivity index (χ4n) is 2.51. The zero-order chi connectivity index (χ0) is 22.1. The maximum Gasteiger partial charge on any atom is 0.330 e. The highest BCUT2D eigenvalue weighted by atomic mass is 127. The Morgan fingerprint density at radius 2 is 1.77 bits per heavy atom. The standard InChI is InChI=1S/C11H15IN2O3.C9H7IN2O/c1-16-10(17-2)7-14(11(13)15)9-5-3-4-8(12)6-9;10-7-2-1-3-8(6-7)12-5-4-11-9(12)13/h3-6,10H,7H2,1-2H3,(H2,13,15);1-6H,(H,11,13). The number of nitrogens with two attached hydrogens (primary N) is 1. The first-order valence-electron chi connectivity index (χ1n) is 8.75. The average molecular weight is 636 g/mol. The minimum atomic E-state index is -0.536. The number of aromatic nitrogens is 2. The second-order valence-corrected chi connectivity index (χ2v) is 8.44. The molecular weight excluding hydrogens is 614 g/mol. The maximum absolute atomic E-state index is 11.4. The van der Waals surface area contributed by atoms with E-state index in [2.05, 4.69) is 50.2 Å². The molecule has 10 heteroatoms. The van der Waals surface area contributed by atoms with Gasteiger partial charge in [-0.05, 0) is 81.6 Å². The lowest BCUT2D eigenvalue weighted by Gasteiger charge is -2.24. The molecule has 0 bridgehead atoms. The first-order valence-corrected chi connectivity index (χ1v) is 10.9. The van der Waals surface area contributed by atoms with Gasteiger partial charge in [0.25, 0.3) is 0 Å². The largest absolute Gasteiger partial charge is 0.354 e.